The average molecular weight is 221 g/mol. The summed E-state index contributed by atoms with van der Waals surface area (Å²) in [5.74, 6) is 1.55. The van der Waals surface area contributed by atoms with Gasteiger partial charge in [0, 0.05) is 5.56 Å². The van der Waals surface area contributed by atoms with Gasteiger partial charge in [-0.1, -0.05) is 24.3 Å². The highest BCUT2D eigenvalue weighted by Gasteiger charge is 2.06. The van der Waals surface area contributed by atoms with Gasteiger partial charge in [-0.25, -0.2) is 0 Å². The molecule has 88 valence electrons. The molecule has 0 saturated heterocycles. The molecule has 0 bridgehead atoms. The number of hydrogen-bond donors (Lipinski definition) is 1. The zero-order valence-electron chi connectivity index (χ0n) is 9.90. The second-order valence-corrected chi connectivity index (χ2v) is 3.29. The molecule has 0 amide bonds. The van der Waals surface area contributed by atoms with Gasteiger partial charge in [-0.3, -0.25) is 0 Å². The lowest BCUT2D eigenvalue weighted by molar-refractivity contribution is 0.310. The van der Waals surface area contributed by atoms with Gasteiger partial charge in [0.05, 0.1) is 13.7 Å². The molecule has 0 aliphatic heterocycles. The van der Waals surface area contributed by atoms with Crippen LogP contribution in [0.4, 0.5) is 0 Å². The first-order chi connectivity index (χ1) is 7.83. The Hall–Kier alpha value is -1.48. The predicted molar refractivity (Wildman–Crippen MR) is 66.9 cm³/mol. The lowest BCUT2D eigenvalue weighted by Gasteiger charge is -2.11. The maximum absolute atomic E-state index is 5.49. The van der Waals surface area contributed by atoms with Crippen LogP contribution in [0.15, 0.2) is 24.3 Å². The Morgan fingerprint density at radius 2 is 2.19 bits per heavy atom. The molecular weight excluding hydrogens is 202 g/mol. The summed E-state index contributed by atoms with van der Waals surface area (Å²) in [4.78, 5) is 0. The van der Waals surface area contributed by atoms with Gasteiger partial charge in [0.1, 0.15) is 0 Å². The summed E-state index contributed by atoms with van der Waals surface area (Å²) >= 11 is 0. The summed E-state index contributed by atoms with van der Waals surface area (Å²) in [5.41, 5.74) is 6.45. The summed E-state index contributed by atoms with van der Waals surface area (Å²) in [6, 6.07) is 5.85. The van der Waals surface area contributed by atoms with E-state index in [1.165, 1.54) is 0 Å². The first-order valence-electron chi connectivity index (χ1n) is 5.49. The van der Waals surface area contributed by atoms with Crippen LogP contribution in [-0.2, 0) is 0 Å². The van der Waals surface area contributed by atoms with Gasteiger partial charge in [0.15, 0.2) is 11.5 Å². The van der Waals surface area contributed by atoms with Crippen LogP contribution in [0.1, 0.15) is 18.9 Å². The maximum atomic E-state index is 5.49. The zero-order valence-corrected chi connectivity index (χ0v) is 9.90. The van der Waals surface area contributed by atoms with Gasteiger partial charge in [-0.05, 0) is 26.0 Å². The van der Waals surface area contributed by atoms with E-state index in [0.29, 0.717) is 13.2 Å². The molecule has 0 unspecified atom stereocenters. The molecule has 1 rings (SSSR count). The van der Waals surface area contributed by atoms with E-state index in [9.17, 15) is 0 Å². The molecular formula is C13H19NO2. The minimum atomic E-state index is 0.631. The van der Waals surface area contributed by atoms with E-state index >= 15 is 0 Å². The molecule has 0 aliphatic rings. The summed E-state index contributed by atoms with van der Waals surface area (Å²) in [6.07, 6.45) is 4.91. The van der Waals surface area contributed by atoms with Gasteiger partial charge in [0.2, 0.25) is 0 Å². The van der Waals surface area contributed by atoms with Crippen LogP contribution in [0.3, 0.4) is 0 Å². The molecule has 0 radical (unpaired) electrons. The number of hydrogen-bond acceptors (Lipinski definition) is 3. The Morgan fingerprint density at radius 1 is 1.38 bits per heavy atom. The smallest absolute Gasteiger partial charge is 0.167 e. The molecule has 0 atom stereocenters. The lowest BCUT2D eigenvalue weighted by Crippen LogP contribution is -1.97. The van der Waals surface area contributed by atoms with Gasteiger partial charge < -0.3 is 15.2 Å². The standard InChI is InChI=1S/C13H19NO2/c1-3-16-12-9-6-8-11(13(12)15-2)7-4-5-10-14/h4,6-9H,3,5,10,14H2,1-2H3. The highest BCUT2D eigenvalue weighted by Crippen LogP contribution is 2.31. The summed E-state index contributed by atoms with van der Waals surface area (Å²) < 4.78 is 10.8. The fourth-order valence-corrected chi connectivity index (χ4v) is 1.46. The van der Waals surface area contributed by atoms with Crippen LogP contribution < -0.4 is 15.2 Å². The minimum Gasteiger partial charge on any atom is -0.492 e. The second kappa shape index (κ2) is 6.90. The highest BCUT2D eigenvalue weighted by molar-refractivity contribution is 5.62. The Balaban J connectivity index is 2.94. The Morgan fingerprint density at radius 3 is 2.81 bits per heavy atom. The molecule has 0 spiro atoms. The number of methoxy groups -OCH3 is 1. The summed E-state index contributed by atoms with van der Waals surface area (Å²) in [6.45, 7) is 3.24. The predicted octanol–water partition coefficient (Wildman–Crippen LogP) is 2.46. The van der Waals surface area contributed by atoms with Crippen molar-refractivity contribution in [2.75, 3.05) is 20.3 Å². The summed E-state index contributed by atoms with van der Waals surface area (Å²) in [7, 11) is 1.65. The largest absolute Gasteiger partial charge is 0.492 e. The van der Waals surface area contributed by atoms with Crippen LogP contribution in [0.2, 0.25) is 0 Å². The minimum absolute atomic E-state index is 0.631. The van der Waals surface area contributed by atoms with Crippen molar-refractivity contribution < 1.29 is 9.47 Å². The van der Waals surface area contributed by atoms with Crippen molar-refractivity contribution in [1.82, 2.24) is 0 Å². The maximum Gasteiger partial charge on any atom is 0.167 e. The first kappa shape index (κ1) is 12.6. The van der Waals surface area contributed by atoms with Gasteiger partial charge in [-0.2, -0.15) is 0 Å². The molecule has 2 N–H and O–H groups in total. The molecule has 16 heavy (non-hydrogen) atoms. The molecule has 0 fully saturated rings. The van der Waals surface area contributed by atoms with Crippen molar-refractivity contribution >= 4 is 6.08 Å². The number of para-hydroxylation sites is 1. The number of nitrogens with two attached hydrogens (primary N) is 1. The van der Waals surface area contributed by atoms with Crippen LogP contribution in [0, 0.1) is 0 Å². The average Bonchev–Trinajstić information content (AvgIpc) is 2.30. The third-order valence-electron chi connectivity index (χ3n) is 2.14. The zero-order chi connectivity index (χ0) is 11.8. The normalized spacial score (nSPS) is 10.7. The first-order valence-corrected chi connectivity index (χ1v) is 5.49. The highest BCUT2D eigenvalue weighted by atomic mass is 16.5. The molecule has 1 aromatic carbocycles. The SMILES string of the molecule is CCOc1cccc(C=CCCN)c1OC. The van der Waals surface area contributed by atoms with E-state index < -0.39 is 0 Å². The van der Waals surface area contributed by atoms with Crippen LogP contribution in [-0.4, -0.2) is 20.3 Å². The quantitative estimate of drug-likeness (QED) is 0.802. The van der Waals surface area contributed by atoms with Crippen molar-refractivity contribution in [3.8, 4) is 11.5 Å². The summed E-state index contributed by atoms with van der Waals surface area (Å²) in [5, 5.41) is 0. The monoisotopic (exact) mass is 221 g/mol. The third-order valence-corrected chi connectivity index (χ3v) is 2.14. The van der Waals surface area contributed by atoms with Crippen LogP contribution in [0.5, 0.6) is 11.5 Å². The van der Waals surface area contributed by atoms with Crippen molar-refractivity contribution in [3.05, 3.63) is 29.8 Å². The topological polar surface area (TPSA) is 44.5 Å². The second-order valence-electron chi connectivity index (χ2n) is 3.29. The van der Waals surface area contributed by atoms with E-state index in [-0.39, 0.29) is 0 Å². The van der Waals surface area contributed by atoms with Crippen molar-refractivity contribution in [1.29, 1.82) is 0 Å². The lowest BCUT2D eigenvalue weighted by atomic mass is 10.1. The van der Waals surface area contributed by atoms with E-state index in [1.807, 2.05) is 37.3 Å². The van der Waals surface area contributed by atoms with E-state index in [1.54, 1.807) is 7.11 Å². The fraction of sp³-hybridized carbons (Fsp3) is 0.385. The molecule has 0 aromatic heterocycles. The molecule has 0 heterocycles. The van der Waals surface area contributed by atoms with E-state index in [0.717, 1.165) is 23.5 Å². The molecule has 0 saturated carbocycles. The van der Waals surface area contributed by atoms with Crippen LogP contribution in [0.25, 0.3) is 6.08 Å². The molecule has 3 nitrogen and oxygen atoms in total. The van der Waals surface area contributed by atoms with Crippen molar-refractivity contribution in [3.63, 3.8) is 0 Å². The number of rotatable bonds is 6. The Kier molecular flexibility index (Phi) is 5.43. The van der Waals surface area contributed by atoms with Gasteiger partial charge in [0.25, 0.3) is 0 Å². The Labute approximate surface area is 96.9 Å². The van der Waals surface area contributed by atoms with E-state index in [4.69, 9.17) is 15.2 Å². The van der Waals surface area contributed by atoms with Gasteiger partial charge in [-0.15, -0.1) is 0 Å². The third kappa shape index (κ3) is 3.28. The number of ether oxygens (including phenoxy) is 2. The van der Waals surface area contributed by atoms with Gasteiger partial charge >= 0.3 is 0 Å². The molecule has 3 heteroatoms. The van der Waals surface area contributed by atoms with Crippen molar-refractivity contribution in [2.45, 2.75) is 13.3 Å². The van der Waals surface area contributed by atoms with E-state index in [2.05, 4.69) is 0 Å². The van der Waals surface area contributed by atoms with Crippen LogP contribution >= 0.6 is 0 Å². The fourth-order valence-electron chi connectivity index (χ4n) is 1.46. The Bertz CT molecular complexity index is 348. The molecule has 0 aliphatic carbocycles. The number of benzene rings is 1. The van der Waals surface area contributed by atoms with Crippen molar-refractivity contribution in [2.24, 2.45) is 5.73 Å². The molecule has 1 aromatic rings.